The maximum atomic E-state index is 13.4. The fourth-order valence-electron chi connectivity index (χ4n) is 4.45. The number of carbonyl (C=O) groups excluding carboxylic acids is 3. The van der Waals surface area contributed by atoms with Gasteiger partial charge >= 0.3 is 0 Å². The number of hydrogen-bond acceptors (Lipinski definition) is 4. The van der Waals surface area contributed by atoms with E-state index >= 15 is 0 Å². The van der Waals surface area contributed by atoms with Gasteiger partial charge in [0.15, 0.2) is 0 Å². The van der Waals surface area contributed by atoms with E-state index in [1.165, 1.54) is 4.90 Å². The van der Waals surface area contributed by atoms with Gasteiger partial charge in [-0.05, 0) is 25.7 Å². The minimum Gasteiger partial charge on any atom is -0.394 e. The van der Waals surface area contributed by atoms with Crippen LogP contribution in [0.5, 0.6) is 0 Å². The normalized spacial score (nSPS) is 31.2. The molecular formula is C20H33N3O4. The molecule has 27 heavy (non-hydrogen) atoms. The molecule has 0 aromatic carbocycles. The molecule has 0 aromatic heterocycles. The SMILES string of the molecule is CNC(=O)[C@H]1[C@H]2C(=O)N([C@@H](CO)C(C)C)[C@H](C(=O)NC(C)C)[C@H]2C=C[C@H]1C. The van der Waals surface area contributed by atoms with E-state index in [2.05, 4.69) is 10.6 Å². The van der Waals surface area contributed by atoms with Crippen LogP contribution in [-0.2, 0) is 14.4 Å². The lowest BCUT2D eigenvalue weighted by Gasteiger charge is -2.35. The molecule has 0 saturated carbocycles. The summed E-state index contributed by atoms with van der Waals surface area (Å²) >= 11 is 0. The molecule has 3 amide bonds. The standard InChI is InChI=1S/C20H33N3O4/c1-10(2)14(9-24)23-17(19(26)22-11(3)4)13-8-7-12(5)15(18(25)21-6)16(13)20(23)27/h7-8,10-17,24H,9H2,1-6H3,(H,21,25)(H,22,26)/t12-,13+,14+,15-,16+,17+/m1/s1. The molecule has 1 saturated heterocycles. The molecule has 0 bridgehead atoms. The van der Waals surface area contributed by atoms with Crippen LogP contribution < -0.4 is 10.6 Å². The zero-order chi connectivity index (χ0) is 20.5. The van der Waals surface area contributed by atoms with Crippen LogP contribution in [0.1, 0.15) is 34.6 Å². The third-order valence-electron chi connectivity index (χ3n) is 5.77. The van der Waals surface area contributed by atoms with Gasteiger partial charge < -0.3 is 20.6 Å². The van der Waals surface area contributed by atoms with Crippen LogP contribution in [0.15, 0.2) is 12.2 Å². The zero-order valence-electron chi connectivity index (χ0n) is 17.1. The highest BCUT2D eigenvalue weighted by Crippen LogP contribution is 2.45. The van der Waals surface area contributed by atoms with E-state index in [9.17, 15) is 19.5 Å². The average Bonchev–Trinajstić information content (AvgIpc) is 2.87. The number of nitrogens with zero attached hydrogens (tertiary/aromatic N) is 1. The number of nitrogens with one attached hydrogen (secondary N) is 2. The van der Waals surface area contributed by atoms with Crippen molar-refractivity contribution >= 4 is 17.7 Å². The van der Waals surface area contributed by atoms with Gasteiger partial charge in [0.2, 0.25) is 17.7 Å². The molecule has 1 aliphatic heterocycles. The second kappa shape index (κ2) is 8.42. The first-order valence-corrected chi connectivity index (χ1v) is 9.78. The van der Waals surface area contributed by atoms with Crippen LogP contribution >= 0.6 is 0 Å². The van der Waals surface area contributed by atoms with E-state index in [0.717, 1.165) is 0 Å². The fraction of sp³-hybridized carbons (Fsp3) is 0.750. The van der Waals surface area contributed by atoms with Gasteiger partial charge in [-0.1, -0.05) is 32.9 Å². The third kappa shape index (κ3) is 3.88. The highest BCUT2D eigenvalue weighted by atomic mass is 16.3. The Labute approximate surface area is 161 Å². The van der Waals surface area contributed by atoms with Gasteiger partial charge in [0, 0.05) is 19.0 Å². The fourth-order valence-corrected chi connectivity index (χ4v) is 4.45. The van der Waals surface area contributed by atoms with E-state index in [4.69, 9.17) is 0 Å². The second-order valence-corrected chi connectivity index (χ2v) is 8.33. The largest absolute Gasteiger partial charge is 0.394 e. The lowest BCUT2D eigenvalue weighted by atomic mass is 9.70. The van der Waals surface area contributed by atoms with Crippen LogP contribution in [0.4, 0.5) is 0 Å². The average molecular weight is 380 g/mol. The monoisotopic (exact) mass is 379 g/mol. The summed E-state index contributed by atoms with van der Waals surface area (Å²) in [6.07, 6.45) is 3.84. The quantitative estimate of drug-likeness (QED) is 0.587. The number of rotatable bonds is 6. The van der Waals surface area contributed by atoms with Crippen molar-refractivity contribution in [3.8, 4) is 0 Å². The Morgan fingerprint density at radius 2 is 1.81 bits per heavy atom. The van der Waals surface area contributed by atoms with Crippen molar-refractivity contribution in [3.05, 3.63) is 12.2 Å². The Bertz CT molecular complexity index is 616. The minimum atomic E-state index is -0.722. The summed E-state index contributed by atoms with van der Waals surface area (Å²) in [6, 6.07) is -1.26. The first kappa shape index (κ1) is 21.4. The molecular weight excluding hydrogens is 346 g/mol. The highest BCUT2D eigenvalue weighted by molar-refractivity contribution is 5.97. The van der Waals surface area contributed by atoms with Crippen molar-refractivity contribution in [2.24, 2.45) is 29.6 Å². The van der Waals surface area contributed by atoms with Crippen molar-refractivity contribution in [1.82, 2.24) is 15.5 Å². The van der Waals surface area contributed by atoms with Gasteiger partial charge in [0.05, 0.1) is 24.5 Å². The van der Waals surface area contributed by atoms with Crippen LogP contribution in [0.25, 0.3) is 0 Å². The summed E-state index contributed by atoms with van der Waals surface area (Å²) in [4.78, 5) is 40.5. The molecule has 7 heteroatoms. The van der Waals surface area contributed by atoms with Crippen molar-refractivity contribution in [2.45, 2.75) is 52.7 Å². The first-order valence-electron chi connectivity index (χ1n) is 9.78. The van der Waals surface area contributed by atoms with E-state index in [-0.39, 0.29) is 48.1 Å². The molecule has 1 aliphatic carbocycles. The van der Waals surface area contributed by atoms with E-state index < -0.39 is 23.9 Å². The van der Waals surface area contributed by atoms with Gasteiger partial charge in [0.1, 0.15) is 6.04 Å². The van der Waals surface area contributed by atoms with Crippen LogP contribution in [-0.4, -0.2) is 59.5 Å². The smallest absolute Gasteiger partial charge is 0.243 e. The van der Waals surface area contributed by atoms with Gasteiger partial charge in [-0.25, -0.2) is 0 Å². The van der Waals surface area contributed by atoms with Crippen molar-refractivity contribution in [2.75, 3.05) is 13.7 Å². The van der Waals surface area contributed by atoms with Crippen molar-refractivity contribution in [3.63, 3.8) is 0 Å². The summed E-state index contributed by atoms with van der Waals surface area (Å²) in [5.74, 6) is -2.28. The Morgan fingerprint density at radius 3 is 2.30 bits per heavy atom. The minimum absolute atomic E-state index is 0.0201. The highest BCUT2D eigenvalue weighted by Gasteiger charge is 2.58. The lowest BCUT2D eigenvalue weighted by molar-refractivity contribution is -0.144. The Balaban J connectivity index is 2.53. The molecule has 0 aromatic rings. The summed E-state index contributed by atoms with van der Waals surface area (Å²) in [5.41, 5.74) is 0. The molecule has 0 spiro atoms. The molecule has 7 nitrogen and oxygen atoms in total. The number of aliphatic hydroxyl groups excluding tert-OH is 1. The summed E-state index contributed by atoms with van der Waals surface area (Å²) in [5, 5.41) is 15.5. The number of likely N-dealkylation sites (tertiary alicyclic amines) is 1. The third-order valence-corrected chi connectivity index (χ3v) is 5.77. The van der Waals surface area contributed by atoms with Crippen LogP contribution in [0, 0.1) is 29.6 Å². The molecule has 0 unspecified atom stereocenters. The molecule has 6 atom stereocenters. The summed E-state index contributed by atoms with van der Waals surface area (Å²) < 4.78 is 0. The Kier molecular flexibility index (Phi) is 6.68. The lowest BCUT2D eigenvalue weighted by Crippen LogP contribution is -2.54. The summed E-state index contributed by atoms with van der Waals surface area (Å²) in [6.45, 7) is 9.27. The molecule has 2 aliphatic rings. The number of hydrogen-bond donors (Lipinski definition) is 3. The topological polar surface area (TPSA) is 98.7 Å². The summed E-state index contributed by atoms with van der Waals surface area (Å²) in [7, 11) is 1.56. The van der Waals surface area contributed by atoms with Crippen LogP contribution in [0.3, 0.4) is 0 Å². The predicted octanol–water partition coefficient (Wildman–Crippen LogP) is 0.539. The second-order valence-electron chi connectivity index (χ2n) is 8.33. The molecule has 0 radical (unpaired) electrons. The van der Waals surface area contributed by atoms with Gasteiger partial charge in [-0.2, -0.15) is 0 Å². The number of allylic oxidation sites excluding steroid dienone is 1. The van der Waals surface area contributed by atoms with Crippen molar-refractivity contribution in [1.29, 1.82) is 0 Å². The van der Waals surface area contributed by atoms with E-state index in [1.54, 1.807) is 7.05 Å². The van der Waals surface area contributed by atoms with Crippen LogP contribution in [0.2, 0.25) is 0 Å². The molecule has 3 N–H and O–H groups in total. The Hall–Kier alpha value is -1.89. The number of fused-ring (bicyclic) bond motifs is 1. The van der Waals surface area contributed by atoms with Gasteiger partial charge in [-0.15, -0.1) is 0 Å². The van der Waals surface area contributed by atoms with Gasteiger partial charge in [-0.3, -0.25) is 14.4 Å². The number of aliphatic hydroxyl groups is 1. The molecule has 1 heterocycles. The number of carbonyl (C=O) groups is 3. The van der Waals surface area contributed by atoms with E-state index in [0.29, 0.717) is 0 Å². The van der Waals surface area contributed by atoms with Gasteiger partial charge in [0.25, 0.3) is 0 Å². The predicted molar refractivity (Wildman–Crippen MR) is 102 cm³/mol. The zero-order valence-corrected chi connectivity index (χ0v) is 17.1. The molecule has 1 fully saturated rings. The Morgan fingerprint density at radius 1 is 1.19 bits per heavy atom. The first-order chi connectivity index (χ1) is 12.6. The number of amides is 3. The molecule has 2 rings (SSSR count). The van der Waals surface area contributed by atoms with E-state index in [1.807, 2.05) is 46.8 Å². The molecule has 152 valence electrons. The van der Waals surface area contributed by atoms with Crippen molar-refractivity contribution < 1.29 is 19.5 Å². The maximum Gasteiger partial charge on any atom is 0.243 e. The maximum absolute atomic E-state index is 13.4.